The van der Waals surface area contributed by atoms with E-state index in [0.29, 0.717) is 23.4 Å². The lowest BCUT2D eigenvalue weighted by Crippen LogP contribution is -2.39. The molecule has 2 rings (SSSR count). The first-order valence-electron chi connectivity index (χ1n) is 7.94. The average molecular weight is 518 g/mol. The number of thiazole rings is 1. The highest BCUT2D eigenvalue weighted by Crippen LogP contribution is 2.30. The Morgan fingerprint density at radius 2 is 2.08 bits per heavy atom. The molecule has 0 spiro atoms. The SMILES string of the molecule is CCNC(=NCc1nc(C(F)(F)F)cs1)NCC(C)Cc1cccs1.I. The number of halogens is 4. The number of hydrogen-bond acceptors (Lipinski definition) is 4. The lowest BCUT2D eigenvalue weighted by Gasteiger charge is -2.15. The number of aliphatic imine (C=N–C) groups is 1. The molecule has 10 heteroatoms. The third-order valence-corrected chi connectivity index (χ3v) is 5.04. The van der Waals surface area contributed by atoms with Crippen molar-refractivity contribution in [3.63, 3.8) is 0 Å². The van der Waals surface area contributed by atoms with Gasteiger partial charge in [-0.25, -0.2) is 9.98 Å². The summed E-state index contributed by atoms with van der Waals surface area (Å²) in [5.74, 6) is 1.00. The third kappa shape index (κ3) is 7.78. The standard InChI is InChI=1S/C16H21F3N4S2.HI/c1-3-20-15(21-8-11(2)7-12-5-4-6-24-12)22-9-14-23-13(10-25-14)16(17,18)19;/h4-6,10-11H,3,7-9H2,1-2H3,(H2,20,21,22);1H. The van der Waals surface area contributed by atoms with Crippen molar-refractivity contribution < 1.29 is 13.2 Å². The second kappa shape index (κ2) is 11.1. The number of alkyl halides is 3. The zero-order valence-electron chi connectivity index (χ0n) is 14.5. The Morgan fingerprint density at radius 1 is 1.31 bits per heavy atom. The summed E-state index contributed by atoms with van der Waals surface area (Å²) in [6.45, 7) is 5.62. The van der Waals surface area contributed by atoms with Crippen molar-refractivity contribution in [3.8, 4) is 0 Å². The molecule has 1 atom stereocenters. The number of nitrogens with zero attached hydrogens (tertiary/aromatic N) is 2. The number of rotatable bonds is 7. The lowest BCUT2D eigenvalue weighted by molar-refractivity contribution is -0.140. The van der Waals surface area contributed by atoms with E-state index >= 15 is 0 Å². The fourth-order valence-electron chi connectivity index (χ4n) is 2.12. The van der Waals surface area contributed by atoms with Crippen LogP contribution in [-0.4, -0.2) is 24.0 Å². The molecule has 0 aliphatic carbocycles. The normalized spacial score (nSPS) is 13.2. The number of nitrogens with one attached hydrogen (secondary N) is 2. The van der Waals surface area contributed by atoms with E-state index in [1.54, 1.807) is 11.3 Å². The van der Waals surface area contributed by atoms with E-state index in [-0.39, 0.29) is 30.5 Å². The van der Waals surface area contributed by atoms with Crippen LogP contribution < -0.4 is 10.6 Å². The summed E-state index contributed by atoms with van der Waals surface area (Å²) in [5.41, 5.74) is -0.856. The summed E-state index contributed by atoms with van der Waals surface area (Å²) in [6, 6.07) is 4.15. The molecule has 1 unspecified atom stereocenters. The van der Waals surface area contributed by atoms with Crippen LogP contribution in [0.3, 0.4) is 0 Å². The van der Waals surface area contributed by atoms with Gasteiger partial charge in [0.15, 0.2) is 11.7 Å². The minimum absolute atomic E-state index is 0. The number of aromatic nitrogens is 1. The van der Waals surface area contributed by atoms with Gasteiger partial charge >= 0.3 is 6.18 Å². The summed E-state index contributed by atoms with van der Waals surface area (Å²) in [6.07, 6.45) is -3.43. The van der Waals surface area contributed by atoms with Gasteiger partial charge in [0.25, 0.3) is 0 Å². The highest BCUT2D eigenvalue weighted by Gasteiger charge is 2.33. The van der Waals surface area contributed by atoms with Gasteiger partial charge in [0, 0.05) is 23.3 Å². The number of thiophene rings is 1. The smallest absolute Gasteiger partial charge is 0.357 e. The molecule has 0 aromatic carbocycles. The Labute approximate surface area is 176 Å². The van der Waals surface area contributed by atoms with E-state index in [1.165, 1.54) is 4.88 Å². The Bertz CT molecular complexity index is 671. The largest absolute Gasteiger partial charge is 0.434 e. The van der Waals surface area contributed by atoms with Gasteiger partial charge in [0.2, 0.25) is 0 Å². The van der Waals surface area contributed by atoms with Gasteiger partial charge in [-0.15, -0.1) is 46.7 Å². The van der Waals surface area contributed by atoms with Crippen LogP contribution >= 0.6 is 46.7 Å². The van der Waals surface area contributed by atoms with Gasteiger partial charge in [0.1, 0.15) is 5.01 Å². The molecule has 4 nitrogen and oxygen atoms in total. The van der Waals surface area contributed by atoms with Crippen molar-refractivity contribution in [1.82, 2.24) is 15.6 Å². The van der Waals surface area contributed by atoms with Crippen LogP contribution in [0.1, 0.15) is 29.4 Å². The topological polar surface area (TPSA) is 49.3 Å². The summed E-state index contributed by atoms with van der Waals surface area (Å²) < 4.78 is 37.7. The first-order chi connectivity index (χ1) is 11.9. The van der Waals surface area contributed by atoms with Crippen molar-refractivity contribution in [3.05, 3.63) is 38.5 Å². The molecule has 0 saturated carbocycles. The van der Waals surface area contributed by atoms with Crippen molar-refractivity contribution in [2.45, 2.75) is 33.0 Å². The van der Waals surface area contributed by atoms with Gasteiger partial charge in [-0.2, -0.15) is 13.2 Å². The maximum Gasteiger partial charge on any atom is 0.434 e. The minimum Gasteiger partial charge on any atom is -0.357 e. The van der Waals surface area contributed by atoms with Gasteiger partial charge in [-0.3, -0.25) is 0 Å². The maximum absolute atomic E-state index is 12.6. The highest BCUT2D eigenvalue weighted by molar-refractivity contribution is 14.0. The quantitative estimate of drug-likeness (QED) is 0.315. The summed E-state index contributed by atoms with van der Waals surface area (Å²) >= 11 is 2.71. The molecular weight excluding hydrogens is 496 g/mol. The van der Waals surface area contributed by atoms with Crippen molar-refractivity contribution in [2.75, 3.05) is 13.1 Å². The van der Waals surface area contributed by atoms with Crippen LogP contribution in [-0.2, 0) is 19.1 Å². The zero-order valence-corrected chi connectivity index (χ0v) is 18.4. The van der Waals surface area contributed by atoms with Crippen LogP contribution in [0.25, 0.3) is 0 Å². The lowest BCUT2D eigenvalue weighted by atomic mass is 10.1. The molecule has 146 valence electrons. The van der Waals surface area contributed by atoms with Crippen LogP contribution in [0.15, 0.2) is 27.9 Å². The van der Waals surface area contributed by atoms with E-state index in [4.69, 9.17) is 0 Å². The Kier molecular flexibility index (Phi) is 9.86. The Balaban J connectivity index is 0.00000338. The van der Waals surface area contributed by atoms with E-state index in [2.05, 4.69) is 39.0 Å². The molecule has 2 aromatic heterocycles. The molecule has 2 aromatic rings. The van der Waals surface area contributed by atoms with Crippen LogP contribution in [0.4, 0.5) is 13.2 Å². The van der Waals surface area contributed by atoms with Crippen LogP contribution in [0.5, 0.6) is 0 Å². The second-order valence-electron chi connectivity index (χ2n) is 5.59. The first-order valence-corrected chi connectivity index (χ1v) is 9.70. The van der Waals surface area contributed by atoms with E-state index in [0.717, 1.165) is 29.7 Å². The Hall–Kier alpha value is -0.880. The molecule has 0 fully saturated rings. The van der Waals surface area contributed by atoms with Crippen LogP contribution in [0.2, 0.25) is 0 Å². The minimum atomic E-state index is -4.40. The predicted octanol–water partition coefficient (Wildman–Crippen LogP) is 4.78. The highest BCUT2D eigenvalue weighted by atomic mass is 127. The molecule has 0 bridgehead atoms. The Morgan fingerprint density at radius 3 is 2.65 bits per heavy atom. The fraction of sp³-hybridized carbons (Fsp3) is 0.500. The molecule has 0 aliphatic rings. The molecule has 2 N–H and O–H groups in total. The first kappa shape index (κ1) is 23.2. The third-order valence-electron chi connectivity index (χ3n) is 3.31. The molecule has 2 heterocycles. The van der Waals surface area contributed by atoms with Gasteiger partial charge in [-0.05, 0) is 30.7 Å². The van der Waals surface area contributed by atoms with E-state index in [1.807, 2.05) is 13.0 Å². The van der Waals surface area contributed by atoms with Crippen molar-refractivity contribution in [1.29, 1.82) is 0 Å². The fourth-order valence-corrected chi connectivity index (χ4v) is 3.71. The van der Waals surface area contributed by atoms with Crippen LogP contribution in [0, 0.1) is 5.92 Å². The zero-order chi connectivity index (χ0) is 18.3. The molecule has 0 radical (unpaired) electrons. The molecule has 26 heavy (non-hydrogen) atoms. The van der Waals surface area contributed by atoms with Crippen molar-refractivity contribution >= 4 is 52.6 Å². The average Bonchev–Trinajstić information content (AvgIpc) is 3.21. The summed E-state index contributed by atoms with van der Waals surface area (Å²) in [7, 11) is 0. The van der Waals surface area contributed by atoms with E-state index < -0.39 is 11.9 Å². The molecule has 0 aliphatic heterocycles. The second-order valence-corrected chi connectivity index (χ2v) is 7.56. The molecule has 0 saturated heterocycles. The maximum atomic E-state index is 12.6. The molecular formula is C16H22F3IN4S2. The van der Waals surface area contributed by atoms with Gasteiger partial charge < -0.3 is 10.6 Å². The monoisotopic (exact) mass is 518 g/mol. The summed E-state index contributed by atoms with van der Waals surface area (Å²) in [4.78, 5) is 9.25. The summed E-state index contributed by atoms with van der Waals surface area (Å²) in [5, 5.41) is 9.76. The van der Waals surface area contributed by atoms with Gasteiger partial charge in [-0.1, -0.05) is 13.0 Å². The number of guanidine groups is 1. The predicted molar refractivity (Wildman–Crippen MR) is 113 cm³/mol. The van der Waals surface area contributed by atoms with Crippen molar-refractivity contribution in [2.24, 2.45) is 10.9 Å². The molecule has 0 amide bonds. The number of hydrogen-bond donors (Lipinski definition) is 2. The van der Waals surface area contributed by atoms with E-state index in [9.17, 15) is 13.2 Å². The van der Waals surface area contributed by atoms with Gasteiger partial charge in [0.05, 0.1) is 6.54 Å².